The van der Waals surface area contributed by atoms with Crippen molar-refractivity contribution in [3.8, 4) is 0 Å². The van der Waals surface area contributed by atoms with Gasteiger partial charge in [-0.3, -0.25) is 14.6 Å². The molecule has 2 fully saturated rings. The van der Waals surface area contributed by atoms with E-state index in [1.807, 2.05) is 21.9 Å². The number of hydrogen-bond donors (Lipinski definition) is 1. The third-order valence-electron chi connectivity index (χ3n) is 6.36. The normalized spacial score (nSPS) is 18.8. The Labute approximate surface area is 185 Å². The number of likely N-dealkylation sites (tertiary alicyclic amines) is 1. The maximum absolute atomic E-state index is 13.9. The molecule has 0 bridgehead atoms. The molecule has 2 N–H and O–H groups in total. The largest absolute Gasteiger partial charge is 0.384 e. The molecule has 32 heavy (non-hydrogen) atoms. The van der Waals surface area contributed by atoms with E-state index in [1.54, 1.807) is 6.20 Å². The lowest BCUT2D eigenvalue weighted by Gasteiger charge is -2.38. The molecule has 172 valence electrons. The van der Waals surface area contributed by atoms with Crippen LogP contribution in [0.15, 0.2) is 30.5 Å². The zero-order chi connectivity index (χ0) is 22.7. The minimum atomic E-state index is -0.921. The summed E-state index contributed by atoms with van der Waals surface area (Å²) < 4.78 is 40.9. The second kappa shape index (κ2) is 9.87. The first-order valence-electron chi connectivity index (χ1n) is 11.0. The second-order valence-corrected chi connectivity index (χ2v) is 8.59. The number of benzene rings is 1. The SMILES string of the molecule is Nc1cc(CN2CCC(C(=O)N3CCN(Cc4c(F)cc(F)cc4F)CC3)CC2)ccn1. The molecule has 9 heteroatoms. The van der Waals surface area contributed by atoms with Gasteiger partial charge in [-0.25, -0.2) is 18.2 Å². The zero-order valence-electron chi connectivity index (χ0n) is 17.9. The number of rotatable bonds is 5. The molecule has 2 aliphatic heterocycles. The molecule has 6 nitrogen and oxygen atoms in total. The van der Waals surface area contributed by atoms with Gasteiger partial charge in [-0.2, -0.15) is 0 Å². The van der Waals surface area contributed by atoms with Gasteiger partial charge in [0.15, 0.2) is 0 Å². The average molecular weight is 448 g/mol. The van der Waals surface area contributed by atoms with Crippen molar-refractivity contribution in [3.63, 3.8) is 0 Å². The Morgan fingerprint density at radius 1 is 0.938 bits per heavy atom. The van der Waals surface area contributed by atoms with Crippen LogP contribution in [0, 0.1) is 23.4 Å². The van der Waals surface area contributed by atoms with Crippen LogP contribution in [0.4, 0.5) is 19.0 Å². The van der Waals surface area contributed by atoms with Crippen molar-refractivity contribution >= 4 is 11.7 Å². The van der Waals surface area contributed by atoms with Crippen molar-refractivity contribution < 1.29 is 18.0 Å². The summed E-state index contributed by atoms with van der Waals surface area (Å²) >= 11 is 0. The summed E-state index contributed by atoms with van der Waals surface area (Å²) in [6.45, 7) is 4.68. The highest BCUT2D eigenvalue weighted by atomic mass is 19.1. The minimum Gasteiger partial charge on any atom is -0.384 e. The van der Waals surface area contributed by atoms with Crippen molar-refractivity contribution in [1.82, 2.24) is 19.7 Å². The van der Waals surface area contributed by atoms with Gasteiger partial charge in [0.05, 0.1) is 0 Å². The van der Waals surface area contributed by atoms with Crippen molar-refractivity contribution in [2.24, 2.45) is 5.92 Å². The monoisotopic (exact) mass is 447 g/mol. The van der Waals surface area contributed by atoms with Crippen LogP contribution in [0.2, 0.25) is 0 Å². The van der Waals surface area contributed by atoms with E-state index in [9.17, 15) is 18.0 Å². The smallest absolute Gasteiger partial charge is 0.225 e. The Hall–Kier alpha value is -2.65. The van der Waals surface area contributed by atoms with E-state index in [2.05, 4.69) is 9.88 Å². The van der Waals surface area contributed by atoms with Gasteiger partial charge in [0.25, 0.3) is 0 Å². The first-order chi connectivity index (χ1) is 15.4. The van der Waals surface area contributed by atoms with E-state index < -0.39 is 17.5 Å². The minimum absolute atomic E-state index is 0.00676. The van der Waals surface area contributed by atoms with Crippen molar-refractivity contribution in [2.75, 3.05) is 45.0 Å². The van der Waals surface area contributed by atoms with Crippen LogP contribution in [-0.2, 0) is 17.9 Å². The Kier molecular flexibility index (Phi) is 6.95. The lowest BCUT2D eigenvalue weighted by Crippen LogP contribution is -2.51. The quantitative estimate of drug-likeness (QED) is 0.764. The number of amides is 1. The fourth-order valence-electron chi connectivity index (χ4n) is 4.52. The Balaban J connectivity index is 1.24. The molecule has 0 saturated carbocycles. The molecule has 0 atom stereocenters. The molecular formula is C23H28F3N5O. The van der Waals surface area contributed by atoms with Gasteiger partial charge in [-0.15, -0.1) is 0 Å². The van der Waals surface area contributed by atoms with E-state index >= 15 is 0 Å². The number of piperazine rings is 1. The molecule has 2 aliphatic rings. The molecule has 0 aliphatic carbocycles. The number of hydrogen-bond acceptors (Lipinski definition) is 5. The van der Waals surface area contributed by atoms with Crippen LogP contribution in [0.25, 0.3) is 0 Å². The summed E-state index contributed by atoms with van der Waals surface area (Å²) in [4.78, 5) is 23.1. The topological polar surface area (TPSA) is 65.7 Å². The molecule has 4 rings (SSSR count). The zero-order valence-corrected chi connectivity index (χ0v) is 17.9. The number of halogens is 3. The molecule has 1 amide bonds. The van der Waals surface area contributed by atoms with Gasteiger partial charge < -0.3 is 10.6 Å². The molecule has 0 radical (unpaired) electrons. The third-order valence-corrected chi connectivity index (χ3v) is 6.36. The van der Waals surface area contributed by atoms with Gasteiger partial charge in [0.1, 0.15) is 23.3 Å². The van der Waals surface area contributed by atoms with Crippen LogP contribution < -0.4 is 5.73 Å². The molecule has 3 heterocycles. The van der Waals surface area contributed by atoms with Gasteiger partial charge in [0, 0.05) is 69.1 Å². The van der Waals surface area contributed by atoms with Gasteiger partial charge in [-0.1, -0.05) is 0 Å². The summed E-state index contributed by atoms with van der Waals surface area (Å²) in [5.74, 6) is -1.99. The Bertz CT molecular complexity index is 933. The number of carbonyl (C=O) groups excluding carboxylic acids is 1. The van der Waals surface area contributed by atoms with Gasteiger partial charge in [-0.05, 0) is 43.6 Å². The summed E-state index contributed by atoms with van der Waals surface area (Å²) in [7, 11) is 0. The lowest BCUT2D eigenvalue weighted by atomic mass is 9.94. The van der Waals surface area contributed by atoms with E-state index in [4.69, 9.17) is 5.73 Å². The fourth-order valence-corrected chi connectivity index (χ4v) is 4.52. The van der Waals surface area contributed by atoms with E-state index in [0.29, 0.717) is 44.1 Å². The van der Waals surface area contributed by atoms with Crippen LogP contribution >= 0.6 is 0 Å². The number of anilines is 1. The first kappa shape index (κ1) is 22.5. The number of piperidine rings is 1. The molecule has 1 aromatic heterocycles. The number of nitrogen functional groups attached to an aromatic ring is 1. The predicted molar refractivity (Wildman–Crippen MR) is 115 cm³/mol. The third kappa shape index (κ3) is 5.39. The van der Waals surface area contributed by atoms with Gasteiger partial charge in [0.2, 0.25) is 5.91 Å². The fraction of sp³-hybridized carbons (Fsp3) is 0.478. The number of aromatic nitrogens is 1. The molecule has 0 spiro atoms. The van der Waals surface area contributed by atoms with Gasteiger partial charge >= 0.3 is 0 Å². The second-order valence-electron chi connectivity index (χ2n) is 8.59. The van der Waals surface area contributed by atoms with Crippen molar-refractivity contribution in [2.45, 2.75) is 25.9 Å². The standard InChI is InChI=1S/C23H28F3N5O/c24-18-12-20(25)19(21(26)13-18)15-30-7-9-31(10-8-30)23(32)17-2-5-29(6-3-17)14-16-1-4-28-22(27)11-16/h1,4,11-13,17H,2-3,5-10,14-15H2,(H2,27,28). The van der Waals surface area contributed by atoms with Crippen LogP contribution in [0.5, 0.6) is 0 Å². The molecule has 2 aromatic rings. The Morgan fingerprint density at radius 3 is 2.19 bits per heavy atom. The molecule has 1 aromatic carbocycles. The van der Waals surface area contributed by atoms with Crippen LogP contribution in [-0.4, -0.2) is 64.9 Å². The van der Waals surface area contributed by atoms with Crippen LogP contribution in [0.1, 0.15) is 24.0 Å². The number of nitrogens with zero attached hydrogens (tertiary/aromatic N) is 4. The maximum Gasteiger partial charge on any atom is 0.225 e. The number of nitrogens with two attached hydrogens (primary N) is 1. The Morgan fingerprint density at radius 2 is 1.56 bits per heavy atom. The number of carbonyl (C=O) groups is 1. The summed E-state index contributed by atoms with van der Waals surface area (Å²) in [5.41, 5.74) is 6.73. The summed E-state index contributed by atoms with van der Waals surface area (Å²) in [6.07, 6.45) is 3.33. The predicted octanol–water partition coefficient (Wildman–Crippen LogP) is 2.64. The average Bonchev–Trinajstić information content (AvgIpc) is 2.77. The highest BCUT2D eigenvalue weighted by Crippen LogP contribution is 2.23. The highest BCUT2D eigenvalue weighted by Gasteiger charge is 2.30. The van der Waals surface area contributed by atoms with Crippen molar-refractivity contribution in [3.05, 3.63) is 59.0 Å². The van der Waals surface area contributed by atoms with Crippen LogP contribution in [0.3, 0.4) is 0 Å². The summed E-state index contributed by atoms with van der Waals surface area (Å²) in [6, 6.07) is 5.24. The van der Waals surface area contributed by atoms with E-state index in [0.717, 1.165) is 38.0 Å². The van der Waals surface area contributed by atoms with E-state index in [-0.39, 0.29) is 23.9 Å². The number of pyridine rings is 1. The molecule has 2 saturated heterocycles. The summed E-state index contributed by atoms with van der Waals surface area (Å²) in [5, 5.41) is 0. The molecule has 0 unspecified atom stereocenters. The first-order valence-corrected chi connectivity index (χ1v) is 11.0. The van der Waals surface area contributed by atoms with E-state index in [1.165, 1.54) is 0 Å². The molecular weight excluding hydrogens is 419 g/mol. The lowest BCUT2D eigenvalue weighted by molar-refractivity contribution is -0.139. The maximum atomic E-state index is 13.9. The van der Waals surface area contributed by atoms with Crippen molar-refractivity contribution in [1.29, 1.82) is 0 Å². The highest BCUT2D eigenvalue weighted by molar-refractivity contribution is 5.79.